The highest BCUT2D eigenvalue weighted by Crippen LogP contribution is 2.26. The summed E-state index contributed by atoms with van der Waals surface area (Å²) in [5.41, 5.74) is 2.61. The average Bonchev–Trinajstić information content (AvgIpc) is 3.76. The van der Waals surface area contributed by atoms with Crippen LogP contribution < -0.4 is 0 Å². The maximum Gasteiger partial charge on any atom is 0.331 e. The van der Waals surface area contributed by atoms with Crippen molar-refractivity contribution in [1.82, 2.24) is 44.4 Å². The molecule has 6 aromatic rings. The number of carbonyl (C=O) groups excluding carboxylic acids is 1. The van der Waals surface area contributed by atoms with E-state index in [1.54, 1.807) is 52.5 Å². The highest BCUT2D eigenvalue weighted by molar-refractivity contribution is 7.71. The maximum atomic E-state index is 13.4. The van der Waals surface area contributed by atoms with E-state index < -0.39 is 24.2 Å². The fourth-order valence-electron chi connectivity index (χ4n) is 5.50. The number of likely N-dealkylation sites (tertiary alicyclic amines) is 1. The van der Waals surface area contributed by atoms with E-state index in [0.717, 1.165) is 18.4 Å². The predicted octanol–water partition coefficient (Wildman–Crippen LogP) is 4.22. The second kappa shape index (κ2) is 13.5. The smallest absolute Gasteiger partial charge is 0.331 e. The summed E-state index contributed by atoms with van der Waals surface area (Å²) in [5, 5.41) is 34.2. The largest absolute Gasteiger partial charge is 0.479 e. The number of carboxylic acids is 1. The summed E-state index contributed by atoms with van der Waals surface area (Å²) in [4.78, 5) is 35.2. The summed E-state index contributed by atoms with van der Waals surface area (Å²) in [6, 6.07) is 16.9. The van der Waals surface area contributed by atoms with Gasteiger partial charge in [0.15, 0.2) is 17.3 Å². The maximum absolute atomic E-state index is 13.4. The van der Waals surface area contributed by atoms with Gasteiger partial charge >= 0.3 is 5.97 Å². The Hall–Kier alpha value is -5.12. The highest BCUT2D eigenvalue weighted by Gasteiger charge is 2.31. The Morgan fingerprint density at radius 2 is 1.30 bits per heavy atom. The quantitative estimate of drug-likeness (QED) is 0.191. The number of fused-ring (bicyclic) bond motifs is 2. The number of aliphatic carboxylic acids is 1. The van der Waals surface area contributed by atoms with E-state index in [4.69, 9.17) is 24.4 Å². The van der Waals surface area contributed by atoms with Crippen molar-refractivity contribution in [3.05, 3.63) is 106 Å². The minimum Gasteiger partial charge on any atom is -0.479 e. The molecule has 4 N–H and O–H groups in total. The molecule has 0 spiro atoms. The number of aliphatic hydroxyl groups excluding tert-OH is 1. The summed E-state index contributed by atoms with van der Waals surface area (Å²) < 4.78 is 4.07. The van der Waals surface area contributed by atoms with Crippen molar-refractivity contribution >= 4 is 58.4 Å². The van der Waals surface area contributed by atoms with Crippen LogP contribution in [0.5, 0.6) is 0 Å². The van der Waals surface area contributed by atoms with Crippen LogP contribution in [0.25, 0.3) is 22.1 Å². The average molecular weight is 656 g/mol. The van der Waals surface area contributed by atoms with Gasteiger partial charge in [0, 0.05) is 13.1 Å². The molecule has 3 unspecified atom stereocenters. The van der Waals surface area contributed by atoms with Crippen molar-refractivity contribution in [2.45, 2.75) is 31.0 Å². The van der Waals surface area contributed by atoms with Crippen LogP contribution in [0.1, 0.15) is 36.1 Å². The molecule has 2 aromatic carbocycles. The zero-order valence-corrected chi connectivity index (χ0v) is 25.9. The summed E-state index contributed by atoms with van der Waals surface area (Å²) in [5.74, 6) is -1.08. The fraction of sp³-hybridized carbons (Fsp3) is 0.226. The van der Waals surface area contributed by atoms with Crippen LogP contribution in [0.4, 0.5) is 0 Å². The molecule has 15 heteroatoms. The van der Waals surface area contributed by atoms with Gasteiger partial charge in [-0.15, -0.1) is 0 Å². The van der Waals surface area contributed by atoms with Gasteiger partial charge in [0.25, 0.3) is 0 Å². The number of carboxylic acid groups (broad SMARTS) is 1. The van der Waals surface area contributed by atoms with Gasteiger partial charge in [-0.05, 0) is 24.0 Å². The first-order chi connectivity index (χ1) is 22.3. The van der Waals surface area contributed by atoms with Crippen molar-refractivity contribution in [1.29, 1.82) is 0 Å². The van der Waals surface area contributed by atoms with Crippen LogP contribution in [0.3, 0.4) is 0 Å². The van der Waals surface area contributed by atoms with Crippen molar-refractivity contribution in [3.63, 3.8) is 0 Å². The Bertz CT molecular complexity index is 2110. The van der Waals surface area contributed by atoms with Gasteiger partial charge in [-0.3, -0.25) is 15.0 Å². The minimum atomic E-state index is -0.989. The molecule has 1 amide bonds. The number of piperidine rings is 1. The first-order valence-electron chi connectivity index (χ1n) is 14.4. The Balaban J connectivity index is 0.000000167. The van der Waals surface area contributed by atoms with Gasteiger partial charge < -0.3 is 24.2 Å². The molecule has 0 aliphatic carbocycles. The fourth-order valence-corrected chi connectivity index (χ4v) is 6.11. The SMILES string of the molecule is O=C(C(c1ccccc1)n1cnc2[nH]ncc2c1=S)N1CCCC(O)C1.O=C(O)C(c1ccccc1)n1cnc2[nH]ncc2c1=S. The van der Waals surface area contributed by atoms with E-state index in [-0.39, 0.29) is 5.91 Å². The molecule has 7 rings (SSSR count). The van der Waals surface area contributed by atoms with Crippen LogP contribution >= 0.6 is 24.4 Å². The molecule has 234 valence electrons. The van der Waals surface area contributed by atoms with Crippen molar-refractivity contribution in [3.8, 4) is 0 Å². The number of carbonyl (C=O) groups is 2. The zero-order valence-electron chi connectivity index (χ0n) is 24.3. The van der Waals surface area contributed by atoms with Crippen LogP contribution in [0.15, 0.2) is 85.7 Å². The predicted molar refractivity (Wildman–Crippen MR) is 174 cm³/mol. The van der Waals surface area contributed by atoms with Gasteiger partial charge in [0.2, 0.25) is 5.91 Å². The Morgan fingerprint density at radius 3 is 1.80 bits per heavy atom. The summed E-state index contributed by atoms with van der Waals surface area (Å²) >= 11 is 11.0. The van der Waals surface area contributed by atoms with Gasteiger partial charge in [-0.25, -0.2) is 14.8 Å². The van der Waals surface area contributed by atoms with E-state index >= 15 is 0 Å². The number of benzene rings is 2. The van der Waals surface area contributed by atoms with Crippen molar-refractivity contribution in [2.24, 2.45) is 0 Å². The summed E-state index contributed by atoms with van der Waals surface area (Å²) in [6.07, 6.45) is 7.21. The number of hydrogen-bond donors (Lipinski definition) is 4. The second-order valence-electron chi connectivity index (χ2n) is 10.7. The number of aromatic nitrogens is 8. The molecular weight excluding hydrogens is 627 g/mol. The van der Waals surface area contributed by atoms with Gasteiger partial charge in [-0.2, -0.15) is 10.2 Å². The lowest BCUT2D eigenvalue weighted by Crippen LogP contribution is -2.45. The van der Waals surface area contributed by atoms with Crippen LogP contribution in [-0.4, -0.2) is 85.7 Å². The number of aliphatic hydroxyl groups is 1. The third kappa shape index (κ3) is 6.20. The molecule has 1 aliphatic heterocycles. The first-order valence-corrected chi connectivity index (χ1v) is 15.2. The highest BCUT2D eigenvalue weighted by atomic mass is 32.1. The number of hydrogen-bond acceptors (Lipinski definition) is 9. The second-order valence-corrected chi connectivity index (χ2v) is 11.5. The van der Waals surface area contributed by atoms with Gasteiger partial charge in [0.1, 0.15) is 15.3 Å². The van der Waals surface area contributed by atoms with Crippen LogP contribution in [0.2, 0.25) is 0 Å². The number of amides is 1. The summed E-state index contributed by atoms with van der Waals surface area (Å²) in [7, 11) is 0. The molecule has 4 aromatic heterocycles. The number of nitrogens with one attached hydrogen (secondary N) is 2. The molecule has 0 radical (unpaired) electrons. The number of β-amino-alcohol motifs (C(OH)–C–C–N with tert-alkyl or cyclic N) is 1. The molecule has 1 fully saturated rings. The monoisotopic (exact) mass is 655 g/mol. The molecular formula is C31H29N9O4S2. The van der Waals surface area contributed by atoms with E-state index in [1.807, 2.05) is 36.4 Å². The topological polar surface area (TPSA) is 171 Å². The van der Waals surface area contributed by atoms with E-state index in [1.165, 1.54) is 10.9 Å². The van der Waals surface area contributed by atoms with Crippen molar-refractivity contribution in [2.75, 3.05) is 13.1 Å². The van der Waals surface area contributed by atoms with Gasteiger partial charge in [-0.1, -0.05) is 85.1 Å². The third-order valence-electron chi connectivity index (χ3n) is 7.75. The molecule has 3 atom stereocenters. The van der Waals surface area contributed by atoms with E-state index in [0.29, 0.717) is 50.0 Å². The number of nitrogens with zero attached hydrogens (tertiary/aromatic N) is 7. The normalized spacial score (nSPS) is 16.0. The van der Waals surface area contributed by atoms with Crippen LogP contribution in [-0.2, 0) is 9.59 Å². The van der Waals surface area contributed by atoms with Gasteiger partial charge in [0.05, 0.1) is 41.9 Å². The lowest BCUT2D eigenvalue weighted by atomic mass is 10.0. The lowest BCUT2D eigenvalue weighted by molar-refractivity contribution is -0.139. The first kappa shape index (κ1) is 30.9. The molecule has 1 aliphatic rings. The number of rotatable bonds is 6. The molecule has 46 heavy (non-hydrogen) atoms. The molecule has 0 saturated carbocycles. The molecule has 0 bridgehead atoms. The van der Waals surface area contributed by atoms with E-state index in [2.05, 4.69) is 30.4 Å². The van der Waals surface area contributed by atoms with E-state index in [9.17, 15) is 19.8 Å². The third-order valence-corrected chi connectivity index (χ3v) is 8.62. The molecule has 5 heterocycles. The minimum absolute atomic E-state index is 0.0873. The standard InChI is InChI=1S/C18H19N5O2S.C13H10N4O2S/c24-13-7-4-8-22(10-13)17(25)15(12-5-2-1-3-6-12)23-11-19-16-14(18(23)26)9-20-21-16;18-13(19)10(8-4-2-1-3-5-8)17-7-14-11-9(12(17)20)6-15-16-11/h1-3,5-6,9,11,13,15,24H,4,7-8,10H2,(H,20,21);1-7,10H,(H,15,16)(H,18,19). The van der Waals surface area contributed by atoms with Crippen molar-refractivity contribution < 1.29 is 19.8 Å². The zero-order chi connectivity index (χ0) is 32.2. The summed E-state index contributed by atoms with van der Waals surface area (Å²) in [6.45, 7) is 0.977. The molecule has 1 saturated heterocycles. The Labute approximate surface area is 272 Å². The lowest BCUT2D eigenvalue weighted by Gasteiger charge is -2.33. The number of H-pyrrole nitrogens is 2. The molecule has 13 nitrogen and oxygen atoms in total. The Kier molecular flexibility index (Phi) is 9.05. The number of aromatic amines is 2. The van der Waals surface area contributed by atoms with Crippen LogP contribution in [0, 0.1) is 9.28 Å². The Morgan fingerprint density at radius 1 is 0.804 bits per heavy atom.